The van der Waals surface area contributed by atoms with Crippen LogP contribution < -0.4 is 10.6 Å². The Morgan fingerprint density at radius 3 is 2.15 bits per heavy atom. The summed E-state index contributed by atoms with van der Waals surface area (Å²) >= 11 is 0. The topological polar surface area (TPSA) is 103 Å². The second-order valence-corrected chi connectivity index (χ2v) is 14.7. The van der Waals surface area contributed by atoms with Crippen LogP contribution in [0, 0.1) is 5.92 Å². The molecule has 0 aromatic heterocycles. The molecule has 9 nitrogen and oxygen atoms in total. The van der Waals surface area contributed by atoms with E-state index in [9.17, 15) is 14.7 Å². The first-order chi connectivity index (χ1) is 26.4. The van der Waals surface area contributed by atoms with Gasteiger partial charge in [-0.15, -0.1) is 0 Å². The molecule has 54 heavy (non-hydrogen) atoms. The molecule has 0 saturated carbocycles. The molecule has 2 amide bonds. The number of rotatable bonds is 16. The van der Waals surface area contributed by atoms with Crippen molar-refractivity contribution in [3.63, 3.8) is 0 Å². The number of nitrogens with zero attached hydrogens (tertiary/aromatic N) is 2. The minimum Gasteiger partial charge on any atom is -0.392 e. The first-order valence-corrected chi connectivity index (χ1v) is 19.5. The van der Waals surface area contributed by atoms with E-state index in [-0.39, 0.29) is 36.5 Å². The van der Waals surface area contributed by atoms with Gasteiger partial charge in [0.15, 0.2) is 6.29 Å². The molecule has 2 saturated heterocycles. The molecule has 2 aliphatic heterocycles. The van der Waals surface area contributed by atoms with Gasteiger partial charge in [0.25, 0.3) is 0 Å². The monoisotopic (exact) mass is 732 g/mol. The van der Waals surface area contributed by atoms with Gasteiger partial charge >= 0.3 is 0 Å². The summed E-state index contributed by atoms with van der Waals surface area (Å²) in [7, 11) is 0. The molecule has 0 radical (unpaired) electrons. The van der Waals surface area contributed by atoms with Gasteiger partial charge in [0.2, 0.25) is 11.8 Å². The fraction of sp³-hybridized carbons (Fsp3) is 0.422. The van der Waals surface area contributed by atoms with Crippen molar-refractivity contribution in [1.29, 1.82) is 0 Å². The number of carbonyl (C=O) groups is 2. The summed E-state index contributed by atoms with van der Waals surface area (Å²) in [4.78, 5) is 28.7. The van der Waals surface area contributed by atoms with Crippen LogP contribution in [0.4, 0.5) is 0 Å². The molecule has 4 aromatic carbocycles. The summed E-state index contributed by atoms with van der Waals surface area (Å²) < 4.78 is 13.6. The molecule has 2 aliphatic rings. The number of aliphatic hydroxyl groups excluding tert-OH is 1. The predicted molar refractivity (Wildman–Crippen MR) is 212 cm³/mol. The van der Waals surface area contributed by atoms with E-state index in [1.165, 1.54) is 12.5 Å². The first kappa shape index (κ1) is 39.3. The third kappa shape index (κ3) is 11.1. The first-order valence-electron chi connectivity index (χ1n) is 19.5. The number of hydrogen-bond donors (Lipinski definition) is 3. The molecular weight excluding hydrogens is 677 g/mol. The van der Waals surface area contributed by atoms with Crippen molar-refractivity contribution in [3.8, 4) is 11.1 Å². The molecule has 3 N–H and O–H groups in total. The number of ether oxygens (including phenoxy) is 2. The number of carbonyl (C=O) groups excluding carboxylic acids is 2. The quantitative estimate of drug-likeness (QED) is 0.109. The lowest BCUT2D eigenvalue weighted by Gasteiger charge is -2.44. The highest BCUT2D eigenvalue weighted by Gasteiger charge is 2.39. The second-order valence-electron chi connectivity index (χ2n) is 14.7. The third-order valence-electron chi connectivity index (χ3n) is 10.7. The molecule has 0 spiro atoms. The van der Waals surface area contributed by atoms with Crippen molar-refractivity contribution in [2.75, 3.05) is 39.3 Å². The Labute approximate surface area is 320 Å². The van der Waals surface area contributed by atoms with Crippen LogP contribution >= 0.6 is 0 Å². The average molecular weight is 733 g/mol. The van der Waals surface area contributed by atoms with Crippen LogP contribution in [0.15, 0.2) is 103 Å². The second kappa shape index (κ2) is 19.8. The summed E-state index contributed by atoms with van der Waals surface area (Å²) in [5, 5.41) is 15.6. The van der Waals surface area contributed by atoms with Gasteiger partial charge in [0.1, 0.15) is 0 Å². The van der Waals surface area contributed by atoms with Crippen molar-refractivity contribution in [3.05, 3.63) is 131 Å². The summed E-state index contributed by atoms with van der Waals surface area (Å²) in [5.41, 5.74) is 7.47. The zero-order valence-electron chi connectivity index (χ0n) is 31.8. The molecule has 4 atom stereocenters. The number of amides is 2. The molecule has 9 heteroatoms. The van der Waals surface area contributed by atoms with Gasteiger partial charge < -0.3 is 25.2 Å². The van der Waals surface area contributed by atoms with Crippen LogP contribution in [0.25, 0.3) is 11.1 Å². The molecule has 2 heterocycles. The van der Waals surface area contributed by atoms with E-state index < -0.39 is 6.29 Å². The lowest BCUT2D eigenvalue weighted by atomic mass is 9.89. The Hall–Kier alpha value is -4.38. The van der Waals surface area contributed by atoms with Gasteiger partial charge in [-0.1, -0.05) is 116 Å². The van der Waals surface area contributed by atoms with Crippen molar-refractivity contribution in [2.45, 2.75) is 77.7 Å². The van der Waals surface area contributed by atoms with Gasteiger partial charge in [-0.05, 0) is 46.2 Å². The summed E-state index contributed by atoms with van der Waals surface area (Å²) in [6.07, 6.45) is 2.29. The van der Waals surface area contributed by atoms with Crippen molar-refractivity contribution < 1.29 is 24.2 Å². The van der Waals surface area contributed by atoms with E-state index >= 15 is 0 Å². The number of nitrogens with one attached hydrogen (secondary N) is 2. The van der Waals surface area contributed by atoms with Crippen molar-refractivity contribution >= 4 is 11.8 Å². The molecule has 2 fully saturated rings. The zero-order chi connectivity index (χ0) is 37.7. The fourth-order valence-corrected chi connectivity index (χ4v) is 7.46. The van der Waals surface area contributed by atoms with Crippen LogP contribution in [0.3, 0.4) is 0 Å². The summed E-state index contributed by atoms with van der Waals surface area (Å²) in [6.45, 7) is 10.7. The van der Waals surface area contributed by atoms with E-state index in [0.29, 0.717) is 19.5 Å². The maximum Gasteiger partial charge on any atom is 0.220 e. The van der Waals surface area contributed by atoms with Gasteiger partial charge in [0.05, 0.1) is 18.8 Å². The Balaban J connectivity index is 1.10. The normalized spacial score (nSPS) is 20.7. The van der Waals surface area contributed by atoms with Crippen LogP contribution in [-0.4, -0.2) is 72.1 Å². The zero-order valence-corrected chi connectivity index (χ0v) is 31.8. The van der Waals surface area contributed by atoms with Crippen molar-refractivity contribution in [2.24, 2.45) is 5.92 Å². The molecule has 0 bridgehead atoms. The van der Waals surface area contributed by atoms with Gasteiger partial charge in [-0.2, -0.15) is 0 Å². The predicted octanol–water partition coefficient (Wildman–Crippen LogP) is 6.77. The Kier molecular flexibility index (Phi) is 14.4. The van der Waals surface area contributed by atoms with E-state index in [0.717, 1.165) is 91.9 Å². The Morgan fingerprint density at radius 2 is 1.43 bits per heavy atom. The van der Waals surface area contributed by atoms with Gasteiger partial charge in [-0.3, -0.25) is 19.4 Å². The van der Waals surface area contributed by atoms with Gasteiger partial charge in [0, 0.05) is 77.2 Å². The number of hydrogen-bond acceptors (Lipinski definition) is 7. The minimum atomic E-state index is -0.532. The van der Waals surface area contributed by atoms with Crippen LogP contribution in [-0.2, 0) is 38.8 Å². The molecule has 0 aliphatic carbocycles. The minimum absolute atomic E-state index is 0.00986. The van der Waals surface area contributed by atoms with Crippen LogP contribution in [0.1, 0.15) is 79.7 Å². The van der Waals surface area contributed by atoms with E-state index in [2.05, 4.69) is 106 Å². The van der Waals surface area contributed by atoms with E-state index in [4.69, 9.17) is 9.47 Å². The van der Waals surface area contributed by atoms with Crippen LogP contribution in [0.5, 0.6) is 0 Å². The third-order valence-corrected chi connectivity index (χ3v) is 10.7. The average Bonchev–Trinajstić information content (AvgIpc) is 3.20. The summed E-state index contributed by atoms with van der Waals surface area (Å²) in [6, 6.07) is 35.4. The lowest BCUT2D eigenvalue weighted by Crippen LogP contribution is -2.51. The highest BCUT2D eigenvalue weighted by molar-refractivity contribution is 5.76. The smallest absolute Gasteiger partial charge is 0.220 e. The maximum atomic E-state index is 12.6. The molecule has 4 aromatic rings. The maximum absolute atomic E-state index is 12.6. The number of aliphatic hydroxyl groups is 1. The number of benzene rings is 4. The van der Waals surface area contributed by atoms with Crippen LogP contribution in [0.2, 0.25) is 0 Å². The van der Waals surface area contributed by atoms with Gasteiger partial charge in [-0.25, -0.2) is 0 Å². The molecule has 4 unspecified atom stereocenters. The standard InChI is InChI=1S/C45H56N4O5/c1-33-42(31-49-27-25-48(26-28-49)30-35-11-5-3-6-12-35)53-45(54-44(33)38-18-16-36(32-50)17-19-38)39-22-20-37(21-23-39)41-14-9-8-13-40(41)29-47-43(52)15-7-4-10-24-46-34(2)51/h3,5-6,8-9,11-14,16-23,33,42,44-45,50H,4,7,10,15,24-32H2,1-2H3,(H,46,51)(H,47,52). The largest absolute Gasteiger partial charge is 0.392 e. The highest BCUT2D eigenvalue weighted by Crippen LogP contribution is 2.42. The molecule has 6 rings (SSSR count). The van der Waals surface area contributed by atoms with Crippen molar-refractivity contribution in [1.82, 2.24) is 20.4 Å². The number of unbranched alkanes of at least 4 members (excludes halogenated alkanes) is 2. The van der Waals surface area contributed by atoms with E-state index in [1.54, 1.807) is 0 Å². The fourth-order valence-electron chi connectivity index (χ4n) is 7.46. The highest BCUT2D eigenvalue weighted by atomic mass is 16.7. The molecular formula is C45H56N4O5. The number of piperazine rings is 1. The SMILES string of the molecule is CC(=O)NCCCCCC(=O)NCc1ccccc1-c1ccc(C2OC(CN3CCN(Cc4ccccc4)CC3)C(C)C(c3ccc(CO)cc3)O2)cc1. The Bertz CT molecular complexity index is 1760. The Morgan fingerprint density at radius 1 is 0.741 bits per heavy atom. The molecule has 286 valence electrons. The van der Waals surface area contributed by atoms with E-state index in [1.807, 2.05) is 24.3 Å². The lowest BCUT2D eigenvalue weighted by molar-refractivity contribution is -0.276. The summed E-state index contributed by atoms with van der Waals surface area (Å²) in [5.74, 6) is 0.128.